The Morgan fingerprint density at radius 2 is 1.75 bits per heavy atom. The van der Waals surface area contributed by atoms with Gasteiger partial charge in [0, 0.05) is 28.1 Å². The maximum atomic E-state index is 15.2. The average molecular weight is 483 g/mol. The lowest BCUT2D eigenvalue weighted by Gasteiger charge is -2.19. The Labute approximate surface area is 206 Å². The van der Waals surface area contributed by atoms with Gasteiger partial charge in [-0.2, -0.15) is 4.39 Å². The zero-order valence-corrected chi connectivity index (χ0v) is 20.2. The second-order valence-corrected chi connectivity index (χ2v) is 8.94. The van der Waals surface area contributed by atoms with Crippen LogP contribution in [0.5, 0.6) is 5.75 Å². The van der Waals surface area contributed by atoms with Gasteiger partial charge in [-0.05, 0) is 74.2 Å². The first-order chi connectivity index (χ1) is 17.1. The molecule has 2 heterocycles. The number of aromatic nitrogens is 1. The van der Waals surface area contributed by atoms with Gasteiger partial charge >= 0.3 is 5.63 Å². The molecule has 0 aliphatic heterocycles. The van der Waals surface area contributed by atoms with Crippen LogP contribution in [0.15, 0.2) is 63.8 Å². The number of benzene rings is 3. The lowest BCUT2D eigenvalue weighted by molar-refractivity contribution is 0.101. The van der Waals surface area contributed by atoms with Crippen molar-refractivity contribution in [2.75, 3.05) is 5.32 Å². The van der Waals surface area contributed by atoms with Gasteiger partial charge in [-0.3, -0.25) is 4.79 Å². The first-order valence-electron chi connectivity index (χ1n) is 11.4. The van der Waals surface area contributed by atoms with E-state index >= 15 is 4.39 Å². The van der Waals surface area contributed by atoms with Crippen LogP contribution in [-0.4, -0.2) is 15.9 Å². The third-order valence-corrected chi connectivity index (χ3v) is 6.41. The molecule has 5 rings (SSSR count). The summed E-state index contributed by atoms with van der Waals surface area (Å²) in [6.07, 6.45) is 0. The zero-order valence-electron chi connectivity index (χ0n) is 20.2. The number of hydrogen-bond donors (Lipinski definition) is 2. The molecule has 7 heteroatoms. The average Bonchev–Trinajstić information content (AvgIpc) is 2.81. The summed E-state index contributed by atoms with van der Waals surface area (Å²) in [5, 5.41) is 14.5. The van der Waals surface area contributed by atoms with Crippen molar-refractivity contribution in [3.8, 4) is 16.9 Å². The summed E-state index contributed by atoms with van der Waals surface area (Å²) in [7, 11) is 0. The number of carbonyl (C=O) groups is 1. The minimum Gasteiger partial charge on any atom is -0.507 e. The Hall–Kier alpha value is -4.52. The van der Waals surface area contributed by atoms with E-state index in [1.807, 2.05) is 45.0 Å². The number of aromatic hydroxyl groups is 1. The Balaban J connectivity index is 1.66. The van der Waals surface area contributed by atoms with Gasteiger partial charge in [-0.25, -0.2) is 9.78 Å². The number of halogens is 1. The fraction of sp³-hybridized carbons (Fsp3) is 0.138. The van der Waals surface area contributed by atoms with Gasteiger partial charge in [-0.1, -0.05) is 24.3 Å². The van der Waals surface area contributed by atoms with Crippen LogP contribution in [0.1, 0.15) is 34.0 Å². The molecule has 6 nitrogen and oxygen atoms in total. The van der Waals surface area contributed by atoms with Crippen molar-refractivity contribution in [3.05, 3.63) is 93.2 Å². The van der Waals surface area contributed by atoms with E-state index in [2.05, 4.69) is 10.3 Å². The van der Waals surface area contributed by atoms with E-state index in [4.69, 9.17) is 4.42 Å². The molecule has 0 aliphatic carbocycles. The first kappa shape index (κ1) is 23.2. The molecule has 0 radical (unpaired) electrons. The van der Waals surface area contributed by atoms with Gasteiger partial charge < -0.3 is 14.8 Å². The lowest BCUT2D eigenvalue weighted by Crippen LogP contribution is -2.09. The summed E-state index contributed by atoms with van der Waals surface area (Å²) >= 11 is 0. The minimum atomic E-state index is -0.642. The second-order valence-electron chi connectivity index (χ2n) is 8.94. The molecule has 0 unspecified atom stereocenters. The third kappa shape index (κ3) is 3.88. The second kappa shape index (κ2) is 8.61. The largest absolute Gasteiger partial charge is 0.507 e. The van der Waals surface area contributed by atoms with Crippen LogP contribution in [0.3, 0.4) is 0 Å². The molecule has 0 aliphatic rings. The van der Waals surface area contributed by atoms with Gasteiger partial charge in [0.1, 0.15) is 17.0 Å². The Morgan fingerprint density at radius 3 is 2.50 bits per heavy atom. The normalized spacial score (nSPS) is 11.2. The number of phenolic OH excluding ortho intramolecular Hbond substituents is 1. The standard InChI is InChI=1S/C29H23FN2O4/c1-14-9-15(2)27(16(3)26(14)21-10-18-7-5-6-8-22(18)32-28(21)30)31-23-12-19-11-20(17(4)33)24(34)13-25(19)36-29(23)35/h5-13,31,34H,1-4H3. The van der Waals surface area contributed by atoms with E-state index in [1.165, 1.54) is 19.1 Å². The molecule has 2 N–H and O–H groups in total. The molecule has 3 aromatic carbocycles. The summed E-state index contributed by atoms with van der Waals surface area (Å²) in [4.78, 5) is 28.8. The molecular formula is C29H23FN2O4. The molecule has 0 saturated heterocycles. The van der Waals surface area contributed by atoms with Crippen LogP contribution in [0.25, 0.3) is 33.0 Å². The molecule has 36 heavy (non-hydrogen) atoms. The molecule has 0 bridgehead atoms. The number of para-hydroxylation sites is 1. The highest BCUT2D eigenvalue weighted by Gasteiger charge is 2.19. The number of carbonyl (C=O) groups excluding carboxylic acids is 1. The van der Waals surface area contributed by atoms with Gasteiger partial charge in [0.25, 0.3) is 0 Å². The number of nitrogens with one attached hydrogen (secondary N) is 1. The first-order valence-corrected chi connectivity index (χ1v) is 11.4. The number of anilines is 2. The molecule has 180 valence electrons. The van der Waals surface area contributed by atoms with E-state index in [0.29, 0.717) is 27.7 Å². The topological polar surface area (TPSA) is 92.4 Å². The number of ketones is 1. The van der Waals surface area contributed by atoms with E-state index in [9.17, 15) is 14.7 Å². The highest BCUT2D eigenvalue weighted by molar-refractivity contribution is 6.01. The number of fused-ring (bicyclic) bond motifs is 2. The van der Waals surface area contributed by atoms with Gasteiger partial charge in [0.2, 0.25) is 5.95 Å². The van der Waals surface area contributed by atoms with E-state index in [0.717, 1.165) is 22.1 Å². The third-order valence-electron chi connectivity index (χ3n) is 6.41. The fourth-order valence-corrected chi connectivity index (χ4v) is 4.72. The zero-order chi connectivity index (χ0) is 25.7. The Bertz CT molecular complexity index is 1770. The summed E-state index contributed by atoms with van der Waals surface area (Å²) in [6.45, 7) is 7.02. The Morgan fingerprint density at radius 1 is 1.00 bits per heavy atom. The molecular weight excluding hydrogens is 459 g/mol. The summed E-state index contributed by atoms with van der Waals surface area (Å²) < 4.78 is 20.6. The fourth-order valence-electron chi connectivity index (χ4n) is 4.72. The molecule has 0 spiro atoms. The van der Waals surface area contributed by atoms with Crippen molar-refractivity contribution < 1.29 is 18.7 Å². The SMILES string of the molecule is CC(=O)c1cc2cc(Nc3c(C)cc(C)c(-c4cc5ccccc5nc4F)c3C)c(=O)oc2cc1O. The molecule has 0 fully saturated rings. The van der Waals surface area contributed by atoms with Crippen molar-refractivity contribution in [1.29, 1.82) is 0 Å². The smallest absolute Gasteiger partial charge is 0.360 e. The van der Waals surface area contributed by atoms with Gasteiger partial charge in [0.05, 0.1) is 11.1 Å². The van der Waals surface area contributed by atoms with Crippen molar-refractivity contribution >= 4 is 39.0 Å². The number of pyridine rings is 1. The van der Waals surface area contributed by atoms with Crippen molar-refractivity contribution in [3.63, 3.8) is 0 Å². The number of hydrogen-bond acceptors (Lipinski definition) is 6. The monoisotopic (exact) mass is 482 g/mol. The highest BCUT2D eigenvalue weighted by atomic mass is 19.1. The molecule has 0 amide bonds. The maximum absolute atomic E-state index is 15.2. The van der Waals surface area contributed by atoms with E-state index < -0.39 is 11.6 Å². The highest BCUT2D eigenvalue weighted by Crippen LogP contribution is 2.38. The summed E-state index contributed by atoms with van der Waals surface area (Å²) in [6, 6.07) is 15.4. The van der Waals surface area contributed by atoms with E-state index in [-0.39, 0.29) is 28.4 Å². The lowest BCUT2D eigenvalue weighted by atomic mass is 9.92. The number of phenols is 1. The molecule has 0 atom stereocenters. The minimum absolute atomic E-state index is 0.131. The van der Waals surface area contributed by atoms with Crippen molar-refractivity contribution in [1.82, 2.24) is 4.98 Å². The molecule has 0 saturated carbocycles. The van der Waals surface area contributed by atoms with Crippen LogP contribution < -0.4 is 10.9 Å². The quantitative estimate of drug-likeness (QED) is 0.168. The van der Waals surface area contributed by atoms with Crippen LogP contribution in [0.2, 0.25) is 0 Å². The number of aryl methyl sites for hydroxylation is 2. The summed E-state index contributed by atoms with van der Waals surface area (Å²) in [5.74, 6) is -1.13. The summed E-state index contributed by atoms with van der Waals surface area (Å²) in [5.41, 5.74) is 4.56. The molecule has 2 aromatic heterocycles. The molecule has 5 aromatic rings. The van der Waals surface area contributed by atoms with Crippen LogP contribution in [-0.2, 0) is 0 Å². The van der Waals surface area contributed by atoms with Crippen LogP contribution in [0, 0.1) is 26.7 Å². The number of rotatable bonds is 4. The maximum Gasteiger partial charge on any atom is 0.360 e. The van der Waals surface area contributed by atoms with Crippen molar-refractivity contribution in [2.24, 2.45) is 0 Å². The van der Waals surface area contributed by atoms with E-state index in [1.54, 1.807) is 18.2 Å². The van der Waals surface area contributed by atoms with Gasteiger partial charge in [-0.15, -0.1) is 0 Å². The number of nitrogens with zero attached hydrogens (tertiary/aromatic N) is 1. The number of Topliss-reactive ketones (excluding diaryl/α,β-unsaturated/α-hetero) is 1. The van der Waals surface area contributed by atoms with Gasteiger partial charge in [0.15, 0.2) is 5.78 Å². The predicted octanol–water partition coefficient (Wildman–Crippen LogP) is 6.72. The Kier molecular flexibility index (Phi) is 5.55. The van der Waals surface area contributed by atoms with Crippen LogP contribution in [0.4, 0.5) is 15.8 Å². The van der Waals surface area contributed by atoms with Crippen LogP contribution >= 0.6 is 0 Å². The predicted molar refractivity (Wildman–Crippen MR) is 139 cm³/mol. The van der Waals surface area contributed by atoms with Crippen molar-refractivity contribution in [2.45, 2.75) is 27.7 Å².